The van der Waals surface area contributed by atoms with E-state index in [1.165, 1.54) is 24.3 Å². The van der Waals surface area contributed by atoms with Crippen LogP contribution in [-0.4, -0.2) is 63.6 Å². The Morgan fingerprint density at radius 1 is 0.643 bits per heavy atom. The maximum atomic E-state index is 13.0. The van der Waals surface area contributed by atoms with Crippen LogP contribution < -0.4 is 9.44 Å². The van der Waals surface area contributed by atoms with E-state index in [-0.39, 0.29) is 21.3 Å². The summed E-state index contributed by atoms with van der Waals surface area (Å²) in [6, 6.07) is 9.86. The maximum absolute atomic E-state index is 13.0. The second-order valence-corrected chi connectivity index (χ2v) is 17.6. The minimum atomic E-state index is -4.06. The van der Waals surface area contributed by atoms with E-state index in [1.54, 1.807) is 65.8 Å². The molecule has 2 aromatic rings. The highest BCUT2D eigenvalue weighted by Gasteiger charge is 2.32. The smallest absolute Gasteiger partial charge is 0.325 e. The van der Waals surface area contributed by atoms with Gasteiger partial charge in [-0.25, -0.2) is 16.8 Å². The lowest BCUT2D eigenvalue weighted by Crippen LogP contribution is -2.46. The first-order valence-electron chi connectivity index (χ1n) is 13.1. The zero-order valence-electron chi connectivity index (χ0n) is 25.1. The summed E-state index contributed by atoms with van der Waals surface area (Å²) in [4.78, 5) is 25.9. The molecule has 234 valence electrons. The molecule has 0 spiro atoms. The molecule has 2 atom stereocenters. The highest BCUT2D eigenvalue weighted by atomic mass is 33.1. The fourth-order valence-electron chi connectivity index (χ4n) is 3.22. The topological polar surface area (TPSA) is 145 Å². The number of esters is 2. The van der Waals surface area contributed by atoms with Gasteiger partial charge in [-0.15, -0.1) is 0 Å². The van der Waals surface area contributed by atoms with Crippen molar-refractivity contribution in [3.05, 3.63) is 59.7 Å². The average molecular weight is 661 g/mol. The normalized spacial score (nSPS) is 14.2. The van der Waals surface area contributed by atoms with Crippen molar-refractivity contribution in [3.8, 4) is 0 Å². The number of sulfonamides is 2. The van der Waals surface area contributed by atoms with E-state index < -0.39 is 55.3 Å². The third kappa shape index (κ3) is 12.3. The Morgan fingerprint density at radius 2 is 0.929 bits per heavy atom. The van der Waals surface area contributed by atoms with Crippen molar-refractivity contribution >= 4 is 53.6 Å². The zero-order valence-corrected chi connectivity index (χ0v) is 28.4. The van der Waals surface area contributed by atoms with Crippen LogP contribution in [0.3, 0.4) is 0 Å². The third-order valence-electron chi connectivity index (χ3n) is 5.19. The van der Waals surface area contributed by atoms with Gasteiger partial charge in [-0.3, -0.25) is 9.59 Å². The van der Waals surface area contributed by atoms with E-state index in [9.17, 15) is 26.4 Å². The highest BCUT2D eigenvalue weighted by molar-refractivity contribution is 8.76. The molecule has 0 heterocycles. The van der Waals surface area contributed by atoms with E-state index in [4.69, 9.17) is 9.47 Å². The third-order valence-corrected chi connectivity index (χ3v) is 10.6. The van der Waals surface area contributed by atoms with Gasteiger partial charge in [0.2, 0.25) is 20.0 Å². The van der Waals surface area contributed by atoms with Gasteiger partial charge in [-0.2, -0.15) is 9.44 Å². The first-order chi connectivity index (χ1) is 19.2. The van der Waals surface area contributed by atoms with Gasteiger partial charge in [-0.05, 0) is 79.7 Å². The summed E-state index contributed by atoms with van der Waals surface area (Å²) in [6.07, 6.45) is 0. The summed E-state index contributed by atoms with van der Waals surface area (Å²) in [5, 5.41) is 0. The van der Waals surface area contributed by atoms with Crippen molar-refractivity contribution in [3.63, 3.8) is 0 Å². The van der Waals surface area contributed by atoms with Gasteiger partial charge in [0.05, 0.1) is 9.79 Å². The van der Waals surface area contributed by atoms with Crippen LogP contribution in [-0.2, 0) is 39.1 Å². The Hall–Kier alpha value is -2.10. The Labute approximate surface area is 257 Å². The maximum Gasteiger partial charge on any atom is 0.325 e. The molecule has 0 aromatic heterocycles. The van der Waals surface area contributed by atoms with E-state index in [2.05, 4.69) is 9.44 Å². The average Bonchev–Trinajstić information content (AvgIpc) is 2.83. The molecule has 14 heteroatoms. The Kier molecular flexibility index (Phi) is 12.5. The Bertz CT molecular complexity index is 1320. The fourth-order valence-corrected chi connectivity index (χ4v) is 8.10. The van der Waals surface area contributed by atoms with Gasteiger partial charge in [0, 0.05) is 11.5 Å². The monoisotopic (exact) mass is 660 g/mol. The number of aryl methyl sites for hydroxylation is 2. The number of hydrogen-bond acceptors (Lipinski definition) is 10. The molecule has 42 heavy (non-hydrogen) atoms. The predicted molar refractivity (Wildman–Crippen MR) is 167 cm³/mol. The quantitative estimate of drug-likeness (QED) is 0.181. The van der Waals surface area contributed by atoms with Crippen molar-refractivity contribution < 1.29 is 35.9 Å². The second kappa shape index (κ2) is 14.6. The molecule has 2 N–H and O–H groups in total. The molecule has 0 saturated carbocycles. The van der Waals surface area contributed by atoms with Crippen LogP contribution in [0.5, 0.6) is 0 Å². The Balaban J connectivity index is 2.19. The van der Waals surface area contributed by atoms with Crippen molar-refractivity contribution in [1.29, 1.82) is 0 Å². The number of ether oxygens (including phenoxy) is 2. The van der Waals surface area contributed by atoms with Crippen LogP contribution in [0.25, 0.3) is 0 Å². The molecular formula is C28H40N2O8S4. The van der Waals surface area contributed by atoms with E-state index in [0.29, 0.717) is 0 Å². The molecule has 10 nitrogen and oxygen atoms in total. The molecule has 0 radical (unpaired) electrons. The van der Waals surface area contributed by atoms with E-state index >= 15 is 0 Å². The SMILES string of the molecule is Cc1ccc(S(=O)(=O)N[C@H](CSSC[C@@H](NS(=O)(=O)c2ccc(C)cc2)C(=O)OC(C)(C)C)C(=O)OC(C)(C)C)cc1. The fraction of sp³-hybridized carbons (Fsp3) is 0.500. The minimum Gasteiger partial charge on any atom is -0.459 e. The van der Waals surface area contributed by atoms with Crippen molar-refractivity contribution in [2.45, 2.75) is 88.5 Å². The van der Waals surface area contributed by atoms with Gasteiger partial charge in [0.1, 0.15) is 23.3 Å². The first kappa shape index (κ1) is 36.1. The summed E-state index contributed by atoms with van der Waals surface area (Å²) in [5.74, 6) is -1.66. The molecular weight excluding hydrogens is 621 g/mol. The van der Waals surface area contributed by atoms with Crippen LogP contribution >= 0.6 is 21.6 Å². The van der Waals surface area contributed by atoms with E-state index in [0.717, 1.165) is 32.7 Å². The summed E-state index contributed by atoms with van der Waals surface area (Å²) in [6.45, 7) is 13.7. The lowest BCUT2D eigenvalue weighted by molar-refractivity contribution is -0.157. The minimum absolute atomic E-state index is 0.00480. The van der Waals surface area contributed by atoms with Crippen molar-refractivity contribution in [2.75, 3.05) is 11.5 Å². The number of hydrogen-bond donors (Lipinski definition) is 2. The zero-order chi connectivity index (χ0) is 31.9. The highest BCUT2D eigenvalue weighted by Crippen LogP contribution is 2.26. The van der Waals surface area contributed by atoms with Gasteiger partial charge in [0.15, 0.2) is 0 Å². The Morgan fingerprint density at radius 3 is 1.19 bits per heavy atom. The number of carbonyl (C=O) groups is 2. The largest absolute Gasteiger partial charge is 0.459 e. The lowest BCUT2D eigenvalue weighted by Gasteiger charge is -2.25. The summed E-state index contributed by atoms with van der Waals surface area (Å²) in [7, 11) is -5.95. The van der Waals surface area contributed by atoms with Crippen LogP contribution in [0.4, 0.5) is 0 Å². The van der Waals surface area contributed by atoms with Gasteiger partial charge in [0.25, 0.3) is 0 Å². The predicted octanol–water partition coefficient (Wildman–Crippen LogP) is 4.36. The molecule has 0 bridgehead atoms. The summed E-state index contributed by atoms with van der Waals surface area (Å²) in [5.41, 5.74) is 0.0288. The van der Waals surface area contributed by atoms with Crippen LogP contribution in [0.2, 0.25) is 0 Å². The molecule has 0 saturated heterocycles. The number of carbonyl (C=O) groups excluding carboxylic acids is 2. The number of benzene rings is 2. The van der Waals surface area contributed by atoms with E-state index in [1.807, 2.05) is 13.8 Å². The molecule has 2 rings (SSSR count). The molecule has 0 unspecified atom stereocenters. The molecule has 2 aromatic carbocycles. The molecule has 0 fully saturated rings. The van der Waals surface area contributed by atoms with Crippen LogP contribution in [0.1, 0.15) is 52.7 Å². The molecule has 0 aliphatic heterocycles. The lowest BCUT2D eigenvalue weighted by atomic mass is 10.2. The number of nitrogens with one attached hydrogen (secondary N) is 2. The molecule has 0 amide bonds. The van der Waals surface area contributed by atoms with Gasteiger partial charge < -0.3 is 9.47 Å². The van der Waals surface area contributed by atoms with Crippen molar-refractivity contribution in [1.82, 2.24) is 9.44 Å². The second-order valence-electron chi connectivity index (χ2n) is 11.6. The number of rotatable bonds is 13. The van der Waals surface area contributed by atoms with Gasteiger partial charge >= 0.3 is 11.9 Å². The summed E-state index contributed by atoms with van der Waals surface area (Å²) >= 11 is 0. The molecule has 0 aliphatic carbocycles. The van der Waals surface area contributed by atoms with Gasteiger partial charge in [-0.1, -0.05) is 57.0 Å². The standard InChI is InChI=1S/C28H40N2O8S4/c1-19-9-13-21(14-10-19)41(33,34)29-23(25(31)37-27(3,4)5)17-39-40-18-24(26(32)38-28(6,7)8)30-42(35,36)22-15-11-20(2)12-16-22/h9-16,23-24,29-30H,17-18H2,1-8H3/t23-,24-/m1/s1. The van der Waals surface area contributed by atoms with Crippen molar-refractivity contribution in [2.24, 2.45) is 0 Å². The summed E-state index contributed by atoms with van der Waals surface area (Å²) < 4.78 is 67.8. The molecule has 0 aliphatic rings. The first-order valence-corrected chi connectivity index (χ1v) is 18.5. The van der Waals surface area contributed by atoms with Crippen LogP contribution in [0.15, 0.2) is 58.3 Å². The van der Waals surface area contributed by atoms with Crippen LogP contribution in [0, 0.1) is 13.8 Å².